The van der Waals surface area contributed by atoms with Crippen molar-refractivity contribution in [3.8, 4) is 0 Å². The van der Waals surface area contributed by atoms with Crippen LogP contribution in [0.15, 0.2) is 6.07 Å². The Kier molecular flexibility index (Phi) is 4.90. The van der Waals surface area contributed by atoms with Crippen LogP contribution in [0.5, 0.6) is 0 Å². The molecule has 0 saturated heterocycles. The van der Waals surface area contributed by atoms with Gasteiger partial charge in [-0.1, -0.05) is 0 Å². The highest BCUT2D eigenvalue weighted by Gasteiger charge is 2.13. The van der Waals surface area contributed by atoms with Crippen LogP contribution in [-0.4, -0.2) is 35.6 Å². The third-order valence-corrected chi connectivity index (χ3v) is 2.66. The predicted molar refractivity (Wildman–Crippen MR) is 77.1 cm³/mol. The van der Waals surface area contributed by atoms with Crippen LogP contribution in [0.25, 0.3) is 0 Å². The summed E-state index contributed by atoms with van der Waals surface area (Å²) >= 11 is 0. The van der Waals surface area contributed by atoms with Gasteiger partial charge >= 0.3 is 0 Å². The van der Waals surface area contributed by atoms with Crippen LogP contribution in [0.2, 0.25) is 0 Å². The number of nitrogens with zero attached hydrogens (tertiary/aromatic N) is 3. The van der Waals surface area contributed by atoms with Crippen molar-refractivity contribution >= 4 is 11.6 Å². The molecule has 0 unspecified atom stereocenters. The van der Waals surface area contributed by atoms with E-state index in [9.17, 15) is 0 Å². The number of nitrogens with two attached hydrogens (primary N) is 1. The largest absolute Gasteiger partial charge is 0.370 e. The monoisotopic (exact) mass is 251 g/mol. The summed E-state index contributed by atoms with van der Waals surface area (Å²) in [6.45, 7) is 9.77. The number of rotatable bonds is 6. The van der Waals surface area contributed by atoms with E-state index in [-0.39, 0.29) is 5.54 Å². The van der Waals surface area contributed by atoms with Gasteiger partial charge in [0.15, 0.2) is 0 Å². The molecule has 0 aromatic carbocycles. The fraction of sp³-hybridized carbons (Fsp3) is 0.692. The van der Waals surface area contributed by atoms with E-state index in [1.54, 1.807) is 0 Å². The summed E-state index contributed by atoms with van der Waals surface area (Å²) in [6, 6.07) is 1.97. The predicted octanol–water partition coefficient (Wildman–Crippen LogP) is 1.78. The molecule has 0 aliphatic rings. The van der Waals surface area contributed by atoms with Crippen LogP contribution in [0.4, 0.5) is 11.6 Å². The molecule has 3 N–H and O–H groups in total. The Morgan fingerprint density at radius 2 is 2.06 bits per heavy atom. The first-order chi connectivity index (χ1) is 8.31. The standard InChI is InChI=1S/C13H25N5/c1-6-15-11-9-12(17-10(2)16-11)18(5)8-7-13(3,4)14/h9H,6-8,14H2,1-5H3,(H,15,16,17). The molecule has 0 aliphatic heterocycles. The summed E-state index contributed by atoms with van der Waals surface area (Å²) < 4.78 is 0. The Balaban J connectivity index is 2.75. The van der Waals surface area contributed by atoms with Gasteiger partial charge in [-0.25, -0.2) is 9.97 Å². The number of anilines is 2. The summed E-state index contributed by atoms with van der Waals surface area (Å²) in [5.74, 6) is 2.59. The summed E-state index contributed by atoms with van der Waals surface area (Å²) in [5.41, 5.74) is 5.85. The number of nitrogens with one attached hydrogen (secondary N) is 1. The molecule has 0 spiro atoms. The number of hydrogen-bond acceptors (Lipinski definition) is 5. The molecule has 1 aromatic rings. The molecule has 0 amide bonds. The molecule has 1 rings (SSSR count). The summed E-state index contributed by atoms with van der Waals surface area (Å²) in [5, 5.41) is 3.21. The Labute approximate surface area is 110 Å². The quantitative estimate of drug-likeness (QED) is 0.806. The topological polar surface area (TPSA) is 67.1 Å². The molecule has 0 saturated carbocycles. The van der Waals surface area contributed by atoms with Gasteiger partial charge in [0.05, 0.1) is 0 Å². The summed E-state index contributed by atoms with van der Waals surface area (Å²) in [6.07, 6.45) is 0.920. The molecule has 0 bridgehead atoms. The van der Waals surface area contributed by atoms with Crippen molar-refractivity contribution in [2.75, 3.05) is 30.4 Å². The lowest BCUT2D eigenvalue weighted by Crippen LogP contribution is -2.36. The first-order valence-corrected chi connectivity index (χ1v) is 6.41. The van der Waals surface area contributed by atoms with Gasteiger partial charge in [-0.3, -0.25) is 0 Å². The molecule has 1 heterocycles. The number of hydrogen-bond donors (Lipinski definition) is 2. The summed E-state index contributed by atoms with van der Waals surface area (Å²) in [4.78, 5) is 10.9. The van der Waals surface area contributed by atoms with E-state index in [1.807, 2.05) is 33.9 Å². The maximum atomic E-state index is 6.00. The summed E-state index contributed by atoms with van der Waals surface area (Å²) in [7, 11) is 2.03. The first kappa shape index (κ1) is 14.7. The lowest BCUT2D eigenvalue weighted by Gasteiger charge is -2.24. The lowest BCUT2D eigenvalue weighted by atomic mass is 10.0. The van der Waals surface area contributed by atoms with E-state index in [2.05, 4.69) is 27.1 Å². The zero-order valence-corrected chi connectivity index (χ0v) is 12.1. The van der Waals surface area contributed by atoms with Crippen molar-refractivity contribution < 1.29 is 0 Å². The van der Waals surface area contributed by atoms with E-state index < -0.39 is 0 Å². The Morgan fingerprint density at radius 1 is 1.39 bits per heavy atom. The Bertz CT molecular complexity index is 383. The van der Waals surface area contributed by atoms with Crippen LogP contribution in [-0.2, 0) is 0 Å². The van der Waals surface area contributed by atoms with Crippen LogP contribution < -0.4 is 16.0 Å². The van der Waals surface area contributed by atoms with Crippen molar-refractivity contribution in [1.29, 1.82) is 0 Å². The highest BCUT2D eigenvalue weighted by Crippen LogP contribution is 2.16. The van der Waals surface area contributed by atoms with Crippen LogP contribution in [0, 0.1) is 6.92 Å². The zero-order chi connectivity index (χ0) is 13.8. The number of aromatic nitrogens is 2. The van der Waals surface area contributed by atoms with E-state index in [4.69, 9.17) is 5.73 Å². The highest BCUT2D eigenvalue weighted by atomic mass is 15.2. The smallest absolute Gasteiger partial charge is 0.134 e. The highest BCUT2D eigenvalue weighted by molar-refractivity contribution is 5.48. The third kappa shape index (κ3) is 4.87. The molecule has 1 aromatic heterocycles. The fourth-order valence-corrected chi connectivity index (χ4v) is 1.59. The second-order valence-electron chi connectivity index (χ2n) is 5.35. The van der Waals surface area contributed by atoms with Gasteiger partial charge in [0, 0.05) is 31.7 Å². The first-order valence-electron chi connectivity index (χ1n) is 6.41. The zero-order valence-electron chi connectivity index (χ0n) is 12.1. The van der Waals surface area contributed by atoms with Crippen molar-refractivity contribution in [2.45, 2.75) is 39.7 Å². The van der Waals surface area contributed by atoms with E-state index >= 15 is 0 Å². The van der Waals surface area contributed by atoms with Crippen LogP contribution in [0.1, 0.15) is 33.0 Å². The average Bonchev–Trinajstić information content (AvgIpc) is 2.24. The van der Waals surface area contributed by atoms with E-state index in [0.29, 0.717) is 0 Å². The fourth-order valence-electron chi connectivity index (χ4n) is 1.59. The van der Waals surface area contributed by atoms with Crippen molar-refractivity contribution in [3.63, 3.8) is 0 Å². The minimum Gasteiger partial charge on any atom is -0.370 e. The van der Waals surface area contributed by atoms with E-state index in [1.165, 1.54) is 0 Å². The van der Waals surface area contributed by atoms with Gasteiger partial charge in [0.2, 0.25) is 0 Å². The Morgan fingerprint density at radius 3 is 2.61 bits per heavy atom. The molecular weight excluding hydrogens is 226 g/mol. The minimum absolute atomic E-state index is 0.152. The maximum absolute atomic E-state index is 6.00. The molecule has 0 aliphatic carbocycles. The van der Waals surface area contributed by atoms with Gasteiger partial charge in [-0.15, -0.1) is 0 Å². The van der Waals surface area contributed by atoms with Gasteiger partial charge in [0.1, 0.15) is 17.5 Å². The second-order valence-corrected chi connectivity index (χ2v) is 5.35. The van der Waals surface area contributed by atoms with Crippen LogP contribution in [0.3, 0.4) is 0 Å². The normalized spacial score (nSPS) is 11.4. The molecule has 0 radical (unpaired) electrons. The molecule has 5 heteroatoms. The van der Waals surface area contributed by atoms with Crippen LogP contribution >= 0.6 is 0 Å². The van der Waals surface area contributed by atoms with Gasteiger partial charge < -0.3 is 16.0 Å². The third-order valence-electron chi connectivity index (χ3n) is 2.66. The molecule has 18 heavy (non-hydrogen) atoms. The molecule has 0 atom stereocenters. The van der Waals surface area contributed by atoms with Crippen molar-refractivity contribution in [3.05, 3.63) is 11.9 Å². The molecule has 102 valence electrons. The molecule has 0 fully saturated rings. The Hall–Kier alpha value is -1.36. The number of aryl methyl sites for hydroxylation is 1. The molecular formula is C13H25N5. The second kappa shape index (κ2) is 6.00. The van der Waals surface area contributed by atoms with Gasteiger partial charge in [-0.2, -0.15) is 0 Å². The van der Waals surface area contributed by atoms with Crippen molar-refractivity contribution in [2.24, 2.45) is 5.73 Å². The van der Waals surface area contributed by atoms with Gasteiger partial charge in [0.25, 0.3) is 0 Å². The average molecular weight is 251 g/mol. The van der Waals surface area contributed by atoms with E-state index in [0.717, 1.165) is 37.0 Å². The SMILES string of the molecule is CCNc1cc(N(C)CCC(C)(C)N)nc(C)n1. The lowest BCUT2D eigenvalue weighted by molar-refractivity contribution is 0.478. The maximum Gasteiger partial charge on any atom is 0.134 e. The molecule has 5 nitrogen and oxygen atoms in total. The van der Waals surface area contributed by atoms with Gasteiger partial charge in [-0.05, 0) is 34.1 Å². The van der Waals surface area contributed by atoms with Crippen molar-refractivity contribution in [1.82, 2.24) is 9.97 Å². The minimum atomic E-state index is -0.152.